The number of aromatic amines is 1. The van der Waals surface area contributed by atoms with Crippen LogP contribution in [0, 0.1) is 6.92 Å². The van der Waals surface area contributed by atoms with Crippen LogP contribution in [0.25, 0.3) is 17.0 Å². The SMILES string of the molecule is CC(=O)Nc1ccc(/C=C/C(=O)c2c(C)c3cc(Cl)ccc3[nH]c2=O)cc1. The van der Waals surface area contributed by atoms with Crippen molar-refractivity contribution in [1.82, 2.24) is 4.98 Å². The van der Waals surface area contributed by atoms with Crippen LogP contribution in [0.2, 0.25) is 5.02 Å². The minimum absolute atomic E-state index is 0.0934. The summed E-state index contributed by atoms with van der Waals surface area (Å²) in [5, 5.41) is 3.94. The first-order valence-corrected chi connectivity index (χ1v) is 8.65. The largest absolute Gasteiger partial charge is 0.326 e. The third kappa shape index (κ3) is 4.15. The van der Waals surface area contributed by atoms with Gasteiger partial charge >= 0.3 is 0 Å². The third-order valence-corrected chi connectivity index (χ3v) is 4.38. The van der Waals surface area contributed by atoms with Crippen molar-refractivity contribution >= 4 is 46.0 Å². The highest BCUT2D eigenvalue weighted by atomic mass is 35.5. The Morgan fingerprint density at radius 3 is 2.48 bits per heavy atom. The minimum atomic E-state index is -0.432. The van der Waals surface area contributed by atoms with Gasteiger partial charge in [0.15, 0.2) is 5.78 Å². The fraction of sp³-hybridized carbons (Fsp3) is 0.0952. The van der Waals surface area contributed by atoms with Crippen LogP contribution >= 0.6 is 11.6 Å². The van der Waals surface area contributed by atoms with Crippen LogP contribution in [-0.4, -0.2) is 16.7 Å². The third-order valence-electron chi connectivity index (χ3n) is 4.14. The molecule has 3 rings (SSSR count). The lowest BCUT2D eigenvalue weighted by molar-refractivity contribution is -0.114. The lowest BCUT2D eigenvalue weighted by atomic mass is 10.0. The summed E-state index contributed by atoms with van der Waals surface area (Å²) in [6.07, 6.45) is 2.99. The van der Waals surface area contributed by atoms with E-state index in [1.54, 1.807) is 55.5 Å². The Bertz CT molecular complexity index is 1130. The summed E-state index contributed by atoms with van der Waals surface area (Å²) in [5.41, 5.74) is 2.33. The predicted molar refractivity (Wildman–Crippen MR) is 108 cm³/mol. The molecule has 0 atom stereocenters. The molecule has 0 aliphatic carbocycles. The van der Waals surface area contributed by atoms with Gasteiger partial charge in [0, 0.05) is 28.5 Å². The van der Waals surface area contributed by atoms with Crippen LogP contribution in [0.3, 0.4) is 0 Å². The van der Waals surface area contributed by atoms with Crippen LogP contribution in [0.5, 0.6) is 0 Å². The summed E-state index contributed by atoms with van der Waals surface area (Å²) in [6, 6.07) is 12.1. The van der Waals surface area contributed by atoms with E-state index in [0.29, 0.717) is 21.8 Å². The van der Waals surface area contributed by atoms with E-state index in [1.165, 1.54) is 13.0 Å². The van der Waals surface area contributed by atoms with Crippen LogP contribution in [0.1, 0.15) is 28.4 Å². The number of ketones is 1. The number of allylic oxidation sites excluding steroid dienone is 1. The molecule has 0 spiro atoms. The van der Waals surface area contributed by atoms with Gasteiger partial charge in [-0.1, -0.05) is 29.8 Å². The highest BCUT2D eigenvalue weighted by molar-refractivity contribution is 6.31. The Morgan fingerprint density at radius 1 is 1.11 bits per heavy atom. The van der Waals surface area contributed by atoms with E-state index in [0.717, 1.165) is 10.9 Å². The molecule has 2 aromatic carbocycles. The average molecular weight is 381 g/mol. The summed E-state index contributed by atoms with van der Waals surface area (Å²) < 4.78 is 0. The van der Waals surface area contributed by atoms with Gasteiger partial charge in [0.25, 0.3) is 5.56 Å². The zero-order valence-corrected chi connectivity index (χ0v) is 15.6. The number of aromatic nitrogens is 1. The second kappa shape index (κ2) is 7.60. The number of aryl methyl sites for hydroxylation is 1. The van der Waals surface area contributed by atoms with Crippen molar-refractivity contribution < 1.29 is 9.59 Å². The minimum Gasteiger partial charge on any atom is -0.326 e. The van der Waals surface area contributed by atoms with Gasteiger partial charge in [-0.2, -0.15) is 0 Å². The molecule has 27 heavy (non-hydrogen) atoms. The number of benzene rings is 2. The van der Waals surface area contributed by atoms with Crippen LogP contribution in [0.15, 0.2) is 53.3 Å². The number of fused-ring (bicyclic) bond motifs is 1. The Morgan fingerprint density at radius 2 is 1.81 bits per heavy atom. The lowest BCUT2D eigenvalue weighted by Crippen LogP contribution is -2.18. The maximum Gasteiger partial charge on any atom is 0.259 e. The molecule has 0 aliphatic rings. The fourth-order valence-electron chi connectivity index (χ4n) is 2.86. The van der Waals surface area contributed by atoms with Crippen molar-refractivity contribution in [3.05, 3.63) is 80.6 Å². The molecule has 3 aromatic rings. The first kappa shape index (κ1) is 18.6. The number of carbonyl (C=O) groups excluding carboxylic acids is 2. The molecule has 1 aromatic heterocycles. The van der Waals surface area contributed by atoms with Crippen molar-refractivity contribution in [3.8, 4) is 0 Å². The number of pyridine rings is 1. The van der Waals surface area contributed by atoms with Gasteiger partial charge < -0.3 is 10.3 Å². The molecule has 0 unspecified atom stereocenters. The molecule has 0 fully saturated rings. The van der Waals surface area contributed by atoms with Crippen LogP contribution in [-0.2, 0) is 4.79 Å². The van der Waals surface area contributed by atoms with E-state index in [9.17, 15) is 14.4 Å². The standard InChI is InChI=1S/C21H17ClN2O3/c1-12-17-11-15(22)6-9-18(17)24-21(27)20(12)19(26)10-5-14-3-7-16(8-4-14)23-13(2)25/h3-11H,1-2H3,(H,23,25)(H,24,27)/b10-5+. The Hall–Kier alpha value is -3.18. The summed E-state index contributed by atoms with van der Waals surface area (Å²) in [5.74, 6) is -0.541. The van der Waals surface area contributed by atoms with Crippen molar-refractivity contribution in [2.75, 3.05) is 5.32 Å². The normalized spacial score (nSPS) is 11.1. The number of hydrogen-bond donors (Lipinski definition) is 2. The molecule has 1 amide bonds. The number of amides is 1. The maximum atomic E-state index is 12.6. The first-order chi connectivity index (χ1) is 12.8. The lowest BCUT2D eigenvalue weighted by Gasteiger charge is -2.07. The van der Waals surface area contributed by atoms with Gasteiger partial charge in [-0.05, 0) is 54.5 Å². The van der Waals surface area contributed by atoms with Gasteiger partial charge in [0.05, 0.1) is 5.56 Å². The van der Waals surface area contributed by atoms with E-state index in [-0.39, 0.29) is 17.3 Å². The smallest absolute Gasteiger partial charge is 0.259 e. The van der Waals surface area contributed by atoms with Gasteiger partial charge in [-0.15, -0.1) is 0 Å². The number of carbonyl (C=O) groups is 2. The predicted octanol–water partition coefficient (Wildman–Crippen LogP) is 4.34. The Balaban J connectivity index is 1.91. The summed E-state index contributed by atoms with van der Waals surface area (Å²) in [6.45, 7) is 3.17. The molecule has 0 saturated heterocycles. The molecule has 0 aliphatic heterocycles. The van der Waals surface area contributed by atoms with E-state index >= 15 is 0 Å². The van der Waals surface area contributed by atoms with Gasteiger partial charge in [0.2, 0.25) is 5.91 Å². The van der Waals surface area contributed by atoms with Crippen molar-refractivity contribution in [2.45, 2.75) is 13.8 Å². The molecule has 1 heterocycles. The number of rotatable bonds is 4. The number of anilines is 1. The number of hydrogen-bond acceptors (Lipinski definition) is 3. The average Bonchev–Trinajstić information content (AvgIpc) is 2.61. The van der Waals surface area contributed by atoms with E-state index in [1.807, 2.05) is 0 Å². The van der Waals surface area contributed by atoms with Crippen LogP contribution in [0.4, 0.5) is 5.69 Å². The number of halogens is 1. The van der Waals surface area contributed by atoms with Crippen molar-refractivity contribution in [1.29, 1.82) is 0 Å². The van der Waals surface area contributed by atoms with Gasteiger partial charge in [-0.25, -0.2) is 0 Å². The molecule has 0 radical (unpaired) electrons. The van der Waals surface area contributed by atoms with E-state index in [2.05, 4.69) is 10.3 Å². The zero-order chi connectivity index (χ0) is 19.6. The Kier molecular flexibility index (Phi) is 5.23. The Labute approximate surface area is 160 Å². The molecule has 0 bridgehead atoms. The van der Waals surface area contributed by atoms with E-state index < -0.39 is 5.56 Å². The van der Waals surface area contributed by atoms with Crippen LogP contribution < -0.4 is 10.9 Å². The zero-order valence-electron chi connectivity index (χ0n) is 14.8. The number of H-pyrrole nitrogens is 1. The van der Waals surface area contributed by atoms with Gasteiger partial charge in [0.1, 0.15) is 0 Å². The fourth-order valence-corrected chi connectivity index (χ4v) is 3.03. The monoisotopic (exact) mass is 380 g/mol. The van der Waals surface area contributed by atoms with E-state index in [4.69, 9.17) is 11.6 Å². The maximum absolute atomic E-state index is 12.6. The topological polar surface area (TPSA) is 79.0 Å². The quantitative estimate of drug-likeness (QED) is 0.521. The van der Waals surface area contributed by atoms with Gasteiger partial charge in [-0.3, -0.25) is 14.4 Å². The summed E-state index contributed by atoms with van der Waals surface area (Å²) in [4.78, 5) is 38.7. The molecule has 5 nitrogen and oxygen atoms in total. The van der Waals surface area contributed by atoms with Crippen molar-refractivity contribution in [3.63, 3.8) is 0 Å². The molecule has 2 N–H and O–H groups in total. The highest BCUT2D eigenvalue weighted by Crippen LogP contribution is 2.22. The molecule has 6 heteroatoms. The molecular formula is C21H17ClN2O3. The van der Waals surface area contributed by atoms with Crippen molar-refractivity contribution in [2.24, 2.45) is 0 Å². The molecular weight excluding hydrogens is 364 g/mol. The second-order valence-electron chi connectivity index (χ2n) is 6.14. The number of nitrogens with one attached hydrogen (secondary N) is 2. The molecule has 136 valence electrons. The molecule has 0 saturated carbocycles. The highest BCUT2D eigenvalue weighted by Gasteiger charge is 2.14. The second-order valence-corrected chi connectivity index (χ2v) is 6.58. The first-order valence-electron chi connectivity index (χ1n) is 8.27. The summed E-state index contributed by atoms with van der Waals surface area (Å²) >= 11 is 6.03. The summed E-state index contributed by atoms with van der Waals surface area (Å²) in [7, 11) is 0.